The third-order valence-corrected chi connectivity index (χ3v) is 3.34. The summed E-state index contributed by atoms with van der Waals surface area (Å²) in [6, 6.07) is 0. The predicted molar refractivity (Wildman–Crippen MR) is 57.6 cm³/mol. The molecule has 1 atom stereocenters. The maximum Gasteiger partial charge on any atom is 0.223 e. The molecule has 2 N–H and O–H groups in total. The van der Waals surface area contributed by atoms with E-state index < -0.39 is 0 Å². The zero-order chi connectivity index (χ0) is 10.7. The molecule has 0 aromatic carbocycles. The van der Waals surface area contributed by atoms with Gasteiger partial charge in [-0.05, 0) is 19.8 Å². The van der Waals surface area contributed by atoms with Crippen LogP contribution >= 0.6 is 0 Å². The minimum absolute atomic E-state index is 0.205. The molecule has 1 amide bonds. The van der Waals surface area contributed by atoms with E-state index in [0.29, 0.717) is 6.54 Å². The number of carbonyl (C=O) groups is 1. The molecule has 1 aliphatic heterocycles. The van der Waals surface area contributed by atoms with Gasteiger partial charge in [0.1, 0.15) is 0 Å². The van der Waals surface area contributed by atoms with Crippen LogP contribution in [0.15, 0.2) is 0 Å². The smallest absolute Gasteiger partial charge is 0.223 e. The molecule has 1 aliphatic carbocycles. The molecule has 4 nitrogen and oxygen atoms in total. The number of carbonyl (C=O) groups excluding carboxylic acids is 1. The number of rotatable bonds is 3. The quantitative estimate of drug-likeness (QED) is 0.706. The van der Waals surface area contributed by atoms with Gasteiger partial charge in [0, 0.05) is 25.6 Å². The summed E-state index contributed by atoms with van der Waals surface area (Å²) in [6.07, 6.45) is 3.32. The fraction of sp³-hybridized carbons (Fsp3) is 0.909. The second-order valence-corrected chi connectivity index (χ2v) is 4.82. The first-order valence-electron chi connectivity index (χ1n) is 5.82. The van der Waals surface area contributed by atoms with E-state index in [1.165, 1.54) is 6.42 Å². The highest BCUT2D eigenvalue weighted by Crippen LogP contribution is 2.26. The van der Waals surface area contributed by atoms with Crippen LogP contribution in [-0.2, 0) is 9.53 Å². The fourth-order valence-electron chi connectivity index (χ4n) is 1.98. The fourth-order valence-corrected chi connectivity index (χ4v) is 1.98. The van der Waals surface area contributed by atoms with Crippen molar-refractivity contribution in [2.75, 3.05) is 26.2 Å². The summed E-state index contributed by atoms with van der Waals surface area (Å²) < 4.78 is 5.67. The Labute approximate surface area is 90.8 Å². The Hall–Kier alpha value is -0.610. The minimum Gasteiger partial charge on any atom is -0.371 e. The van der Waals surface area contributed by atoms with E-state index in [1.807, 2.05) is 6.92 Å². The van der Waals surface area contributed by atoms with Crippen molar-refractivity contribution in [3.8, 4) is 0 Å². The summed E-state index contributed by atoms with van der Waals surface area (Å²) in [7, 11) is 0. The van der Waals surface area contributed by atoms with Gasteiger partial charge in [-0.15, -0.1) is 0 Å². The van der Waals surface area contributed by atoms with Crippen LogP contribution in [0.5, 0.6) is 0 Å². The van der Waals surface area contributed by atoms with E-state index >= 15 is 0 Å². The number of nitrogens with one attached hydrogen (secondary N) is 2. The van der Waals surface area contributed by atoms with E-state index in [4.69, 9.17) is 4.74 Å². The first-order valence-corrected chi connectivity index (χ1v) is 5.82. The first-order chi connectivity index (χ1) is 7.20. The van der Waals surface area contributed by atoms with E-state index in [0.717, 1.165) is 32.5 Å². The minimum atomic E-state index is -0.225. The third kappa shape index (κ3) is 2.69. The standard InChI is InChI=1S/C11H20N2O2/c1-11(7-12-5-6-15-11)8-13-10(14)9-3-2-4-9/h9,12H,2-8H2,1H3,(H,13,14). The Morgan fingerprint density at radius 3 is 2.93 bits per heavy atom. The van der Waals surface area contributed by atoms with Gasteiger partial charge in [0.25, 0.3) is 0 Å². The Kier molecular flexibility index (Phi) is 3.26. The highest BCUT2D eigenvalue weighted by Gasteiger charge is 2.30. The third-order valence-electron chi connectivity index (χ3n) is 3.34. The van der Waals surface area contributed by atoms with Crippen molar-refractivity contribution < 1.29 is 9.53 Å². The topological polar surface area (TPSA) is 50.4 Å². The van der Waals surface area contributed by atoms with Crippen LogP contribution in [0.4, 0.5) is 0 Å². The Morgan fingerprint density at radius 1 is 1.60 bits per heavy atom. The molecule has 2 aliphatic rings. The van der Waals surface area contributed by atoms with Crippen LogP contribution in [-0.4, -0.2) is 37.7 Å². The Morgan fingerprint density at radius 2 is 2.40 bits per heavy atom. The summed E-state index contributed by atoms with van der Waals surface area (Å²) in [5.74, 6) is 0.474. The number of amides is 1. The lowest BCUT2D eigenvalue weighted by Crippen LogP contribution is -2.54. The van der Waals surface area contributed by atoms with Gasteiger partial charge in [0.15, 0.2) is 0 Å². The van der Waals surface area contributed by atoms with Crippen LogP contribution < -0.4 is 10.6 Å². The lowest BCUT2D eigenvalue weighted by atomic mass is 9.84. The molecule has 0 bridgehead atoms. The number of hydrogen-bond donors (Lipinski definition) is 2. The summed E-state index contributed by atoms with van der Waals surface area (Å²) in [6.45, 7) is 5.12. The molecule has 1 heterocycles. The van der Waals surface area contributed by atoms with Gasteiger partial charge >= 0.3 is 0 Å². The molecule has 1 unspecified atom stereocenters. The van der Waals surface area contributed by atoms with Crippen molar-refractivity contribution in [1.82, 2.24) is 10.6 Å². The second-order valence-electron chi connectivity index (χ2n) is 4.82. The molecule has 1 saturated heterocycles. The molecular formula is C11H20N2O2. The maximum atomic E-state index is 11.6. The van der Waals surface area contributed by atoms with Gasteiger partial charge in [-0.3, -0.25) is 4.79 Å². The molecule has 1 saturated carbocycles. The summed E-state index contributed by atoms with van der Waals surface area (Å²) in [5, 5.41) is 6.27. The van der Waals surface area contributed by atoms with Crippen LogP contribution in [0, 0.1) is 5.92 Å². The van der Waals surface area contributed by atoms with Crippen LogP contribution in [0.1, 0.15) is 26.2 Å². The Bertz CT molecular complexity index is 233. The van der Waals surface area contributed by atoms with Gasteiger partial charge in [0.05, 0.1) is 12.2 Å². The number of hydrogen-bond acceptors (Lipinski definition) is 3. The molecule has 15 heavy (non-hydrogen) atoms. The lowest BCUT2D eigenvalue weighted by Gasteiger charge is -2.35. The number of ether oxygens (including phenoxy) is 1. The molecular weight excluding hydrogens is 192 g/mol. The maximum absolute atomic E-state index is 11.6. The van der Waals surface area contributed by atoms with Gasteiger partial charge in [-0.1, -0.05) is 6.42 Å². The van der Waals surface area contributed by atoms with Crippen molar-refractivity contribution in [2.45, 2.75) is 31.8 Å². The van der Waals surface area contributed by atoms with Crippen molar-refractivity contribution in [3.63, 3.8) is 0 Å². The SMILES string of the molecule is CC1(CNC(=O)C2CCC2)CNCCO1. The van der Waals surface area contributed by atoms with Crippen molar-refractivity contribution >= 4 is 5.91 Å². The highest BCUT2D eigenvalue weighted by atomic mass is 16.5. The van der Waals surface area contributed by atoms with Crippen molar-refractivity contribution in [2.24, 2.45) is 5.92 Å². The summed E-state index contributed by atoms with van der Waals surface area (Å²) in [5.41, 5.74) is -0.225. The van der Waals surface area contributed by atoms with E-state index in [2.05, 4.69) is 10.6 Å². The second kappa shape index (κ2) is 4.49. The van der Waals surface area contributed by atoms with E-state index in [-0.39, 0.29) is 17.4 Å². The summed E-state index contributed by atoms with van der Waals surface area (Å²) >= 11 is 0. The average molecular weight is 212 g/mol. The van der Waals surface area contributed by atoms with Crippen LogP contribution in [0.2, 0.25) is 0 Å². The largest absolute Gasteiger partial charge is 0.371 e. The van der Waals surface area contributed by atoms with Gasteiger partial charge in [-0.2, -0.15) is 0 Å². The van der Waals surface area contributed by atoms with E-state index in [9.17, 15) is 4.79 Å². The van der Waals surface area contributed by atoms with Crippen LogP contribution in [0.25, 0.3) is 0 Å². The Balaban J connectivity index is 1.73. The lowest BCUT2D eigenvalue weighted by molar-refractivity contribution is -0.129. The normalized spacial score (nSPS) is 32.1. The molecule has 4 heteroatoms. The van der Waals surface area contributed by atoms with Crippen molar-refractivity contribution in [3.05, 3.63) is 0 Å². The monoisotopic (exact) mass is 212 g/mol. The van der Waals surface area contributed by atoms with E-state index in [1.54, 1.807) is 0 Å². The van der Waals surface area contributed by atoms with Gasteiger partial charge < -0.3 is 15.4 Å². The first kappa shape index (κ1) is 10.9. The molecule has 0 aromatic rings. The van der Waals surface area contributed by atoms with Crippen LogP contribution in [0.3, 0.4) is 0 Å². The zero-order valence-electron chi connectivity index (χ0n) is 9.34. The molecule has 0 spiro atoms. The van der Waals surface area contributed by atoms with Gasteiger partial charge in [0.2, 0.25) is 5.91 Å². The predicted octanol–water partition coefficient (Wildman–Crippen LogP) is 0.281. The molecule has 86 valence electrons. The molecule has 2 rings (SSSR count). The summed E-state index contributed by atoms with van der Waals surface area (Å²) in [4.78, 5) is 11.6. The number of morpholine rings is 1. The highest BCUT2D eigenvalue weighted by molar-refractivity contribution is 5.79. The molecule has 2 fully saturated rings. The van der Waals surface area contributed by atoms with Crippen molar-refractivity contribution in [1.29, 1.82) is 0 Å². The zero-order valence-corrected chi connectivity index (χ0v) is 9.34. The average Bonchev–Trinajstić information content (AvgIpc) is 2.14. The van der Waals surface area contributed by atoms with Gasteiger partial charge in [-0.25, -0.2) is 0 Å². The molecule has 0 aromatic heterocycles. The molecule has 0 radical (unpaired) electrons.